The molecule has 0 fully saturated rings. The average Bonchev–Trinajstić information content (AvgIpc) is 2.94. The molecule has 0 aliphatic carbocycles. The van der Waals surface area contributed by atoms with Gasteiger partial charge in [0.15, 0.2) is 0 Å². The van der Waals surface area contributed by atoms with Crippen LogP contribution in [0.5, 0.6) is 0 Å². The van der Waals surface area contributed by atoms with E-state index in [2.05, 4.69) is 46.4 Å². The van der Waals surface area contributed by atoms with Crippen molar-refractivity contribution in [3.05, 3.63) is 57.8 Å². The maximum atomic E-state index is 6.02. The third kappa shape index (κ3) is 2.09. The molecule has 1 aliphatic rings. The summed E-state index contributed by atoms with van der Waals surface area (Å²) in [6.45, 7) is 0.810. The van der Waals surface area contributed by atoms with Crippen LogP contribution in [0, 0.1) is 0 Å². The van der Waals surface area contributed by atoms with Crippen molar-refractivity contribution in [3.63, 3.8) is 0 Å². The summed E-state index contributed by atoms with van der Waals surface area (Å²) < 4.78 is 6.02. The van der Waals surface area contributed by atoms with E-state index in [1.165, 1.54) is 16.7 Å². The minimum Gasteiger partial charge on any atom is -0.371 e. The molecule has 0 saturated heterocycles. The Balaban J connectivity index is 1.97. The Morgan fingerprint density at radius 3 is 3.00 bits per heavy atom. The van der Waals surface area contributed by atoms with E-state index >= 15 is 0 Å². The molecule has 0 amide bonds. The van der Waals surface area contributed by atoms with Crippen LogP contribution >= 0.6 is 11.3 Å². The number of thiophene rings is 1. The third-order valence-corrected chi connectivity index (χ3v) is 4.25. The van der Waals surface area contributed by atoms with E-state index in [0.29, 0.717) is 0 Å². The van der Waals surface area contributed by atoms with Crippen molar-refractivity contribution < 1.29 is 4.74 Å². The number of rotatable bonds is 3. The van der Waals surface area contributed by atoms with Crippen LogP contribution in [0.4, 0.5) is 0 Å². The first-order valence-electron chi connectivity index (χ1n) is 6.29. The number of hydrogen-bond donors (Lipinski definition) is 1. The summed E-state index contributed by atoms with van der Waals surface area (Å²) in [5.41, 5.74) is 4.06. The van der Waals surface area contributed by atoms with Gasteiger partial charge in [0.2, 0.25) is 0 Å². The molecule has 0 radical (unpaired) electrons. The van der Waals surface area contributed by atoms with Crippen LogP contribution in [0.1, 0.15) is 28.8 Å². The van der Waals surface area contributed by atoms with Crippen molar-refractivity contribution in [3.8, 4) is 0 Å². The van der Waals surface area contributed by atoms with Crippen molar-refractivity contribution in [1.82, 2.24) is 5.32 Å². The van der Waals surface area contributed by atoms with Crippen LogP contribution in [0.15, 0.2) is 41.1 Å². The molecule has 0 bridgehead atoms. The van der Waals surface area contributed by atoms with Gasteiger partial charge in [-0.2, -0.15) is 11.3 Å². The van der Waals surface area contributed by atoms with E-state index < -0.39 is 0 Å². The van der Waals surface area contributed by atoms with E-state index in [9.17, 15) is 0 Å². The van der Waals surface area contributed by atoms with E-state index in [1.807, 2.05) is 7.05 Å². The highest BCUT2D eigenvalue weighted by atomic mass is 32.1. The summed E-state index contributed by atoms with van der Waals surface area (Å²) in [6, 6.07) is 11.0. The molecule has 2 unspecified atom stereocenters. The smallest absolute Gasteiger partial charge is 0.102 e. The van der Waals surface area contributed by atoms with Crippen molar-refractivity contribution >= 4 is 11.3 Å². The molecule has 0 spiro atoms. The molecule has 3 rings (SSSR count). The maximum Gasteiger partial charge on any atom is 0.102 e. The molecule has 1 aromatic carbocycles. The third-order valence-electron chi connectivity index (χ3n) is 3.55. The molecular formula is C15H17NOS. The Morgan fingerprint density at radius 2 is 2.22 bits per heavy atom. The average molecular weight is 259 g/mol. The lowest BCUT2D eigenvalue weighted by Gasteiger charge is -2.32. The molecule has 0 saturated carbocycles. The van der Waals surface area contributed by atoms with Gasteiger partial charge in [-0.15, -0.1) is 0 Å². The van der Waals surface area contributed by atoms with Gasteiger partial charge in [0.25, 0.3) is 0 Å². The first-order chi connectivity index (χ1) is 8.90. The van der Waals surface area contributed by atoms with Gasteiger partial charge < -0.3 is 10.1 Å². The fourth-order valence-corrected chi connectivity index (χ4v) is 3.34. The van der Waals surface area contributed by atoms with Gasteiger partial charge in [0.05, 0.1) is 12.6 Å². The number of benzene rings is 1. The maximum absolute atomic E-state index is 6.02. The standard InChI is InChI=1S/C15H17NOS/c1-16-14(12-7-9-18-10-12)15-13-5-3-2-4-11(13)6-8-17-15/h2-5,7,9-10,14-16H,6,8H2,1H3. The van der Waals surface area contributed by atoms with E-state index in [0.717, 1.165) is 13.0 Å². The van der Waals surface area contributed by atoms with Gasteiger partial charge in [0, 0.05) is 0 Å². The second-order valence-corrected chi connectivity index (χ2v) is 5.34. The molecule has 1 N–H and O–H groups in total. The summed E-state index contributed by atoms with van der Waals surface area (Å²) in [5, 5.41) is 7.71. The zero-order valence-corrected chi connectivity index (χ0v) is 11.2. The van der Waals surface area contributed by atoms with E-state index in [-0.39, 0.29) is 12.1 Å². The van der Waals surface area contributed by atoms with Crippen LogP contribution in [-0.2, 0) is 11.2 Å². The Hall–Kier alpha value is -1.16. The van der Waals surface area contributed by atoms with Crippen molar-refractivity contribution in [2.24, 2.45) is 0 Å². The second kappa shape index (κ2) is 5.22. The Morgan fingerprint density at radius 1 is 1.33 bits per heavy atom. The SMILES string of the molecule is CNC(c1ccsc1)C1OCCc2ccccc21. The predicted octanol–water partition coefficient (Wildman–Crippen LogP) is 3.32. The second-order valence-electron chi connectivity index (χ2n) is 4.56. The molecule has 1 aromatic heterocycles. The number of nitrogens with one attached hydrogen (secondary N) is 1. The zero-order chi connectivity index (χ0) is 12.4. The highest BCUT2D eigenvalue weighted by molar-refractivity contribution is 7.07. The van der Waals surface area contributed by atoms with Gasteiger partial charge in [-0.25, -0.2) is 0 Å². The van der Waals surface area contributed by atoms with Gasteiger partial charge in [-0.05, 0) is 47.0 Å². The summed E-state index contributed by atoms with van der Waals surface area (Å²) >= 11 is 1.73. The molecule has 94 valence electrons. The van der Waals surface area contributed by atoms with Crippen LogP contribution < -0.4 is 5.32 Å². The Kier molecular flexibility index (Phi) is 3.46. The summed E-state index contributed by atoms with van der Waals surface area (Å²) in [4.78, 5) is 0. The fraction of sp³-hybridized carbons (Fsp3) is 0.333. The largest absolute Gasteiger partial charge is 0.371 e. The highest BCUT2D eigenvalue weighted by Gasteiger charge is 2.28. The molecule has 2 atom stereocenters. The van der Waals surface area contributed by atoms with Crippen molar-refractivity contribution in [2.45, 2.75) is 18.6 Å². The van der Waals surface area contributed by atoms with Crippen molar-refractivity contribution in [1.29, 1.82) is 0 Å². The van der Waals surface area contributed by atoms with E-state index in [1.54, 1.807) is 11.3 Å². The molecule has 2 aromatic rings. The lowest BCUT2D eigenvalue weighted by Crippen LogP contribution is -2.29. The van der Waals surface area contributed by atoms with Crippen LogP contribution in [0.3, 0.4) is 0 Å². The Bertz CT molecular complexity index is 509. The van der Waals surface area contributed by atoms with Crippen molar-refractivity contribution in [2.75, 3.05) is 13.7 Å². The van der Waals surface area contributed by atoms with Gasteiger partial charge in [-0.3, -0.25) is 0 Å². The number of ether oxygens (including phenoxy) is 1. The summed E-state index contributed by atoms with van der Waals surface area (Å²) in [6.07, 6.45) is 1.14. The van der Waals surface area contributed by atoms with E-state index in [4.69, 9.17) is 4.74 Å². The Labute approximate surface area is 112 Å². The zero-order valence-electron chi connectivity index (χ0n) is 10.4. The first-order valence-corrected chi connectivity index (χ1v) is 7.23. The molecular weight excluding hydrogens is 242 g/mol. The predicted molar refractivity (Wildman–Crippen MR) is 75.0 cm³/mol. The quantitative estimate of drug-likeness (QED) is 0.913. The molecule has 2 nitrogen and oxygen atoms in total. The van der Waals surface area contributed by atoms with Gasteiger partial charge in [-0.1, -0.05) is 24.3 Å². The highest BCUT2D eigenvalue weighted by Crippen LogP contribution is 2.37. The number of hydrogen-bond acceptors (Lipinski definition) is 3. The topological polar surface area (TPSA) is 21.3 Å². The van der Waals surface area contributed by atoms with Gasteiger partial charge in [0.1, 0.15) is 6.10 Å². The lowest BCUT2D eigenvalue weighted by atomic mass is 9.91. The van der Waals surface area contributed by atoms with Crippen LogP contribution in [0.2, 0.25) is 0 Å². The minimum atomic E-state index is 0.120. The molecule has 1 aliphatic heterocycles. The number of likely N-dealkylation sites (N-methyl/N-ethyl adjacent to an activating group) is 1. The molecule has 18 heavy (non-hydrogen) atoms. The molecule has 3 heteroatoms. The number of fused-ring (bicyclic) bond motifs is 1. The monoisotopic (exact) mass is 259 g/mol. The summed E-state index contributed by atoms with van der Waals surface area (Å²) in [7, 11) is 2.00. The summed E-state index contributed by atoms with van der Waals surface area (Å²) in [5.74, 6) is 0. The lowest BCUT2D eigenvalue weighted by molar-refractivity contribution is 0.0167. The first kappa shape index (κ1) is 11.9. The normalized spacial score (nSPS) is 20.4. The van der Waals surface area contributed by atoms with Crippen LogP contribution in [0.25, 0.3) is 0 Å². The molecule has 2 heterocycles. The van der Waals surface area contributed by atoms with Gasteiger partial charge >= 0.3 is 0 Å². The minimum absolute atomic E-state index is 0.120. The fourth-order valence-electron chi connectivity index (χ4n) is 2.65. The van der Waals surface area contributed by atoms with Crippen LogP contribution in [-0.4, -0.2) is 13.7 Å².